The second-order valence-corrected chi connectivity index (χ2v) is 6.07. The summed E-state index contributed by atoms with van der Waals surface area (Å²) in [7, 11) is 0. The van der Waals surface area contributed by atoms with E-state index in [1.165, 1.54) is 23.1 Å². The van der Waals surface area contributed by atoms with E-state index in [0.29, 0.717) is 15.7 Å². The van der Waals surface area contributed by atoms with Crippen LogP contribution in [0.4, 0.5) is 8.78 Å². The molecule has 4 nitrogen and oxygen atoms in total. The van der Waals surface area contributed by atoms with Gasteiger partial charge >= 0.3 is 5.92 Å². The van der Waals surface area contributed by atoms with Crippen LogP contribution in [0.3, 0.4) is 0 Å². The SMILES string of the molecule is CSc1nc2c(=O)n3c(nc2s1)C(F)(F)CCC3. The number of halogens is 2. The van der Waals surface area contributed by atoms with Crippen LogP contribution in [0.5, 0.6) is 0 Å². The molecule has 1 aliphatic heterocycles. The monoisotopic (exact) mass is 289 g/mol. The van der Waals surface area contributed by atoms with E-state index in [4.69, 9.17) is 0 Å². The molecule has 1 aliphatic rings. The summed E-state index contributed by atoms with van der Waals surface area (Å²) in [5.74, 6) is -3.43. The highest BCUT2D eigenvalue weighted by atomic mass is 32.2. The first-order valence-corrected chi connectivity index (χ1v) is 7.41. The Hall–Kier alpha value is -1.02. The Morgan fingerprint density at radius 1 is 1.44 bits per heavy atom. The highest BCUT2D eigenvalue weighted by molar-refractivity contribution is 8.00. The molecule has 2 aromatic heterocycles. The molecule has 8 heteroatoms. The number of hydrogen-bond acceptors (Lipinski definition) is 5. The molecule has 2 aromatic rings. The molecule has 0 saturated heterocycles. The molecule has 0 aliphatic carbocycles. The molecular weight excluding hydrogens is 280 g/mol. The van der Waals surface area contributed by atoms with Gasteiger partial charge in [-0.15, -0.1) is 0 Å². The van der Waals surface area contributed by atoms with Gasteiger partial charge in [0, 0.05) is 13.0 Å². The van der Waals surface area contributed by atoms with Crippen LogP contribution in [0.25, 0.3) is 10.3 Å². The van der Waals surface area contributed by atoms with Crippen molar-refractivity contribution in [1.29, 1.82) is 0 Å². The molecule has 0 bridgehead atoms. The van der Waals surface area contributed by atoms with Crippen molar-refractivity contribution in [2.24, 2.45) is 0 Å². The second-order valence-electron chi connectivity index (χ2n) is 4.04. The molecule has 0 amide bonds. The maximum absolute atomic E-state index is 13.8. The highest BCUT2D eigenvalue weighted by Crippen LogP contribution is 2.36. The number of thiazole rings is 1. The summed E-state index contributed by atoms with van der Waals surface area (Å²) in [4.78, 5) is 20.5. The second kappa shape index (κ2) is 3.99. The summed E-state index contributed by atoms with van der Waals surface area (Å²) in [6.07, 6.45) is 1.86. The Bertz CT molecular complexity index is 680. The number of fused-ring (bicyclic) bond motifs is 2. The quantitative estimate of drug-likeness (QED) is 0.757. The summed E-state index contributed by atoms with van der Waals surface area (Å²) < 4.78 is 29.2. The lowest BCUT2D eigenvalue weighted by molar-refractivity contribution is -0.0407. The number of rotatable bonds is 1. The lowest BCUT2D eigenvalue weighted by atomic mass is 10.1. The fraction of sp³-hybridized carbons (Fsp3) is 0.500. The third-order valence-corrected chi connectivity index (χ3v) is 4.81. The standard InChI is InChI=1S/C10H9F2N3OS2/c1-17-9-13-5-6(18-9)14-8-10(11,12)3-2-4-15(8)7(5)16/h2-4H2,1H3. The van der Waals surface area contributed by atoms with E-state index in [2.05, 4.69) is 9.97 Å². The molecule has 0 atom stereocenters. The molecule has 3 rings (SSSR count). The zero-order chi connectivity index (χ0) is 12.9. The summed E-state index contributed by atoms with van der Waals surface area (Å²) in [6.45, 7) is 0.291. The van der Waals surface area contributed by atoms with Gasteiger partial charge in [-0.3, -0.25) is 9.36 Å². The first-order chi connectivity index (χ1) is 8.53. The Labute approximate surface area is 109 Å². The lowest BCUT2D eigenvalue weighted by Crippen LogP contribution is -2.35. The van der Waals surface area contributed by atoms with E-state index < -0.39 is 17.3 Å². The summed E-state index contributed by atoms with van der Waals surface area (Å²) >= 11 is 2.56. The van der Waals surface area contributed by atoms with Crippen molar-refractivity contribution in [2.75, 3.05) is 6.26 Å². The Balaban J connectivity index is 2.36. The number of alkyl halides is 2. The molecule has 3 heterocycles. The summed E-state index contributed by atoms with van der Waals surface area (Å²) in [5, 5.41) is 0. The van der Waals surface area contributed by atoms with Crippen molar-refractivity contribution >= 4 is 33.4 Å². The average Bonchev–Trinajstić information content (AvgIpc) is 2.74. The minimum absolute atomic E-state index is 0.200. The van der Waals surface area contributed by atoms with Crippen LogP contribution in [-0.2, 0) is 12.5 Å². The van der Waals surface area contributed by atoms with Crippen molar-refractivity contribution in [2.45, 2.75) is 29.6 Å². The van der Waals surface area contributed by atoms with Crippen LogP contribution in [-0.4, -0.2) is 20.8 Å². The van der Waals surface area contributed by atoms with E-state index in [0.717, 1.165) is 4.57 Å². The lowest BCUT2D eigenvalue weighted by Gasteiger charge is -2.24. The van der Waals surface area contributed by atoms with E-state index in [1.54, 1.807) is 0 Å². The Morgan fingerprint density at radius 3 is 2.94 bits per heavy atom. The number of nitrogens with zero attached hydrogens (tertiary/aromatic N) is 3. The first kappa shape index (κ1) is 12.0. The fourth-order valence-electron chi connectivity index (χ4n) is 2.03. The zero-order valence-corrected chi connectivity index (χ0v) is 11.1. The Kier molecular flexibility index (Phi) is 2.67. The molecule has 96 valence electrons. The van der Waals surface area contributed by atoms with Crippen molar-refractivity contribution in [3.63, 3.8) is 0 Å². The van der Waals surface area contributed by atoms with Crippen molar-refractivity contribution < 1.29 is 8.78 Å². The molecule has 0 N–H and O–H groups in total. The van der Waals surface area contributed by atoms with Gasteiger partial charge in [-0.2, -0.15) is 8.78 Å². The van der Waals surface area contributed by atoms with Crippen LogP contribution in [0, 0.1) is 0 Å². The first-order valence-electron chi connectivity index (χ1n) is 5.36. The zero-order valence-electron chi connectivity index (χ0n) is 9.44. The van der Waals surface area contributed by atoms with Crippen LogP contribution in [0.2, 0.25) is 0 Å². The number of thioether (sulfide) groups is 1. The molecular formula is C10H9F2N3OS2. The summed E-state index contributed by atoms with van der Waals surface area (Å²) in [6, 6.07) is 0. The van der Waals surface area contributed by atoms with E-state index in [-0.39, 0.29) is 18.4 Å². The molecule has 0 unspecified atom stereocenters. The number of aromatic nitrogens is 3. The van der Waals surface area contributed by atoms with Gasteiger partial charge in [0.05, 0.1) is 0 Å². The maximum atomic E-state index is 13.8. The van der Waals surface area contributed by atoms with Crippen LogP contribution < -0.4 is 5.56 Å². The van der Waals surface area contributed by atoms with E-state index in [1.807, 2.05) is 6.26 Å². The normalized spacial score (nSPS) is 17.9. The molecule has 0 radical (unpaired) electrons. The molecule has 0 saturated carbocycles. The van der Waals surface area contributed by atoms with Gasteiger partial charge in [-0.25, -0.2) is 9.97 Å². The van der Waals surface area contributed by atoms with E-state index in [9.17, 15) is 13.6 Å². The third-order valence-electron chi connectivity index (χ3n) is 2.87. The largest absolute Gasteiger partial charge is 0.305 e. The topological polar surface area (TPSA) is 47.8 Å². The van der Waals surface area contributed by atoms with Gasteiger partial charge in [0.2, 0.25) is 0 Å². The van der Waals surface area contributed by atoms with Crippen molar-refractivity contribution in [3.05, 3.63) is 16.2 Å². The smallest absolute Gasteiger partial charge is 0.290 e. The fourth-order valence-corrected chi connectivity index (χ4v) is 3.45. The van der Waals surface area contributed by atoms with E-state index >= 15 is 0 Å². The number of hydrogen-bond donors (Lipinski definition) is 0. The van der Waals surface area contributed by atoms with Gasteiger partial charge in [-0.05, 0) is 12.7 Å². The predicted molar refractivity (Wildman–Crippen MR) is 66.6 cm³/mol. The third kappa shape index (κ3) is 1.66. The molecule has 0 fully saturated rings. The van der Waals surface area contributed by atoms with Gasteiger partial charge < -0.3 is 0 Å². The maximum Gasteiger partial charge on any atom is 0.305 e. The highest BCUT2D eigenvalue weighted by Gasteiger charge is 2.40. The molecule has 0 spiro atoms. The van der Waals surface area contributed by atoms with Gasteiger partial charge in [0.15, 0.2) is 20.5 Å². The minimum atomic E-state index is -3.02. The van der Waals surface area contributed by atoms with Gasteiger partial charge in [-0.1, -0.05) is 23.1 Å². The van der Waals surface area contributed by atoms with Crippen LogP contribution in [0.1, 0.15) is 18.7 Å². The molecule has 18 heavy (non-hydrogen) atoms. The van der Waals surface area contributed by atoms with Gasteiger partial charge in [0.1, 0.15) is 0 Å². The average molecular weight is 289 g/mol. The summed E-state index contributed by atoms with van der Waals surface area (Å²) in [5.41, 5.74) is -0.253. The minimum Gasteiger partial charge on any atom is -0.290 e. The van der Waals surface area contributed by atoms with Crippen molar-refractivity contribution in [1.82, 2.24) is 14.5 Å². The molecule has 0 aromatic carbocycles. The van der Waals surface area contributed by atoms with Crippen LogP contribution >= 0.6 is 23.1 Å². The predicted octanol–water partition coefficient (Wildman–Crippen LogP) is 2.46. The van der Waals surface area contributed by atoms with Gasteiger partial charge in [0.25, 0.3) is 5.56 Å². The Morgan fingerprint density at radius 2 is 2.22 bits per heavy atom. The van der Waals surface area contributed by atoms with Crippen LogP contribution in [0.15, 0.2) is 9.13 Å². The van der Waals surface area contributed by atoms with Crippen molar-refractivity contribution in [3.8, 4) is 0 Å².